The second-order valence-corrected chi connectivity index (χ2v) is 4.61. The molecule has 92 valence electrons. The predicted octanol–water partition coefficient (Wildman–Crippen LogP) is 4.21. The molecule has 0 heterocycles. The fourth-order valence-corrected chi connectivity index (χ4v) is 1.87. The van der Waals surface area contributed by atoms with Gasteiger partial charge in [0, 0.05) is 17.0 Å². The summed E-state index contributed by atoms with van der Waals surface area (Å²) in [5.74, 6) is -0.361. The van der Waals surface area contributed by atoms with Gasteiger partial charge in [-0.05, 0) is 54.4 Å². The van der Waals surface area contributed by atoms with Gasteiger partial charge in [0.15, 0.2) is 5.78 Å². The SMILES string of the molecule is Cc1ccc(F)cc1CC(=O)c1ccc(Cl)cc1. The second kappa shape index (κ2) is 5.32. The average Bonchev–Trinajstić information content (AvgIpc) is 2.34. The van der Waals surface area contributed by atoms with Gasteiger partial charge in [-0.25, -0.2) is 4.39 Å². The van der Waals surface area contributed by atoms with Crippen molar-refractivity contribution in [1.29, 1.82) is 0 Å². The van der Waals surface area contributed by atoms with Crippen molar-refractivity contribution in [3.8, 4) is 0 Å². The first-order valence-corrected chi connectivity index (χ1v) is 5.98. The molecule has 0 aliphatic rings. The van der Waals surface area contributed by atoms with Gasteiger partial charge in [-0.15, -0.1) is 0 Å². The van der Waals surface area contributed by atoms with Crippen LogP contribution in [0.5, 0.6) is 0 Å². The van der Waals surface area contributed by atoms with Gasteiger partial charge in [0.25, 0.3) is 0 Å². The van der Waals surface area contributed by atoms with Crippen LogP contribution in [-0.4, -0.2) is 5.78 Å². The van der Waals surface area contributed by atoms with E-state index in [1.807, 2.05) is 6.92 Å². The molecule has 0 unspecified atom stereocenters. The van der Waals surface area contributed by atoms with Gasteiger partial charge in [-0.2, -0.15) is 0 Å². The number of carbonyl (C=O) groups is 1. The second-order valence-electron chi connectivity index (χ2n) is 4.18. The van der Waals surface area contributed by atoms with Crippen LogP contribution in [0.1, 0.15) is 21.5 Å². The zero-order valence-corrected chi connectivity index (χ0v) is 10.7. The van der Waals surface area contributed by atoms with Crippen LogP contribution in [-0.2, 0) is 6.42 Å². The van der Waals surface area contributed by atoms with E-state index in [1.165, 1.54) is 12.1 Å². The van der Waals surface area contributed by atoms with Crippen molar-refractivity contribution in [2.45, 2.75) is 13.3 Å². The van der Waals surface area contributed by atoms with E-state index < -0.39 is 0 Å². The van der Waals surface area contributed by atoms with Crippen LogP contribution in [0.25, 0.3) is 0 Å². The third kappa shape index (κ3) is 2.96. The van der Waals surface area contributed by atoms with Gasteiger partial charge < -0.3 is 0 Å². The van der Waals surface area contributed by atoms with E-state index in [-0.39, 0.29) is 18.0 Å². The molecule has 2 rings (SSSR count). The third-order valence-corrected chi connectivity index (χ3v) is 3.08. The van der Waals surface area contributed by atoms with Crippen LogP contribution >= 0.6 is 11.6 Å². The average molecular weight is 263 g/mol. The smallest absolute Gasteiger partial charge is 0.167 e. The summed E-state index contributed by atoms with van der Waals surface area (Å²) in [6, 6.07) is 11.2. The predicted molar refractivity (Wildman–Crippen MR) is 70.6 cm³/mol. The van der Waals surface area contributed by atoms with Crippen molar-refractivity contribution in [2.75, 3.05) is 0 Å². The Morgan fingerprint density at radius 1 is 1.17 bits per heavy atom. The van der Waals surface area contributed by atoms with Crippen LogP contribution in [0.15, 0.2) is 42.5 Å². The number of aryl methyl sites for hydroxylation is 1. The lowest BCUT2D eigenvalue weighted by atomic mass is 9.99. The molecule has 0 amide bonds. The summed E-state index contributed by atoms with van der Waals surface area (Å²) in [6.07, 6.45) is 0.200. The Bertz CT molecular complexity index is 576. The Labute approximate surface area is 110 Å². The van der Waals surface area contributed by atoms with Crippen molar-refractivity contribution in [1.82, 2.24) is 0 Å². The summed E-state index contributed by atoms with van der Waals surface area (Å²) in [7, 11) is 0. The Balaban J connectivity index is 2.21. The quantitative estimate of drug-likeness (QED) is 0.757. The highest BCUT2D eigenvalue weighted by Crippen LogP contribution is 2.15. The first-order valence-electron chi connectivity index (χ1n) is 5.60. The van der Waals surface area contributed by atoms with E-state index in [0.717, 1.165) is 11.1 Å². The highest BCUT2D eigenvalue weighted by Gasteiger charge is 2.09. The molecule has 2 aromatic carbocycles. The highest BCUT2D eigenvalue weighted by molar-refractivity contribution is 6.30. The fraction of sp³-hybridized carbons (Fsp3) is 0.133. The maximum Gasteiger partial charge on any atom is 0.167 e. The molecule has 0 radical (unpaired) electrons. The molecule has 0 atom stereocenters. The molecule has 0 aliphatic heterocycles. The maximum absolute atomic E-state index is 13.1. The molecular weight excluding hydrogens is 251 g/mol. The number of benzene rings is 2. The molecule has 0 aliphatic carbocycles. The normalized spacial score (nSPS) is 10.4. The van der Waals surface area contributed by atoms with E-state index in [2.05, 4.69) is 0 Å². The number of carbonyl (C=O) groups excluding carboxylic acids is 1. The van der Waals surface area contributed by atoms with E-state index in [9.17, 15) is 9.18 Å². The zero-order chi connectivity index (χ0) is 13.1. The number of ketones is 1. The van der Waals surface area contributed by atoms with Gasteiger partial charge in [-0.1, -0.05) is 17.7 Å². The summed E-state index contributed by atoms with van der Waals surface area (Å²) in [6.45, 7) is 1.86. The highest BCUT2D eigenvalue weighted by atomic mass is 35.5. The van der Waals surface area contributed by atoms with Gasteiger partial charge in [0.1, 0.15) is 5.82 Å². The lowest BCUT2D eigenvalue weighted by Crippen LogP contribution is -2.05. The van der Waals surface area contributed by atoms with E-state index in [1.54, 1.807) is 30.3 Å². The molecule has 0 bridgehead atoms. The molecule has 18 heavy (non-hydrogen) atoms. The number of Topliss-reactive ketones (excluding diaryl/α,β-unsaturated/α-hetero) is 1. The zero-order valence-electron chi connectivity index (χ0n) is 9.91. The number of hydrogen-bond acceptors (Lipinski definition) is 1. The minimum absolute atomic E-state index is 0.0413. The van der Waals surface area contributed by atoms with Crippen molar-refractivity contribution in [3.05, 3.63) is 70.0 Å². The fourth-order valence-electron chi connectivity index (χ4n) is 1.74. The molecule has 0 aromatic heterocycles. The van der Waals surface area contributed by atoms with Crippen LogP contribution in [0.3, 0.4) is 0 Å². The first-order chi connectivity index (χ1) is 8.56. The lowest BCUT2D eigenvalue weighted by Gasteiger charge is -2.05. The molecule has 2 aromatic rings. The third-order valence-electron chi connectivity index (χ3n) is 2.83. The monoisotopic (exact) mass is 262 g/mol. The summed E-state index contributed by atoms with van der Waals surface area (Å²) in [4.78, 5) is 12.0. The van der Waals surface area contributed by atoms with Crippen LogP contribution < -0.4 is 0 Å². The molecule has 1 nitrogen and oxygen atoms in total. The summed E-state index contributed by atoms with van der Waals surface area (Å²) >= 11 is 5.76. The van der Waals surface area contributed by atoms with E-state index in [4.69, 9.17) is 11.6 Å². The van der Waals surface area contributed by atoms with Gasteiger partial charge in [0.2, 0.25) is 0 Å². The van der Waals surface area contributed by atoms with Gasteiger partial charge in [-0.3, -0.25) is 4.79 Å². The van der Waals surface area contributed by atoms with Gasteiger partial charge >= 0.3 is 0 Å². The number of halogens is 2. The molecule has 0 fully saturated rings. The molecule has 3 heteroatoms. The Kier molecular flexibility index (Phi) is 3.78. The maximum atomic E-state index is 13.1. The summed E-state index contributed by atoms with van der Waals surface area (Å²) < 4.78 is 13.1. The number of hydrogen-bond donors (Lipinski definition) is 0. The summed E-state index contributed by atoms with van der Waals surface area (Å²) in [5, 5.41) is 0.591. The Morgan fingerprint density at radius 2 is 1.83 bits per heavy atom. The molecule has 0 saturated carbocycles. The molecular formula is C15H12ClFO. The molecule has 0 spiro atoms. The lowest BCUT2D eigenvalue weighted by molar-refractivity contribution is 0.0992. The Morgan fingerprint density at radius 3 is 2.50 bits per heavy atom. The van der Waals surface area contributed by atoms with Crippen molar-refractivity contribution in [3.63, 3.8) is 0 Å². The topological polar surface area (TPSA) is 17.1 Å². The minimum atomic E-state index is -0.320. The van der Waals surface area contributed by atoms with Crippen molar-refractivity contribution in [2.24, 2.45) is 0 Å². The minimum Gasteiger partial charge on any atom is -0.294 e. The summed E-state index contributed by atoms with van der Waals surface area (Å²) in [5.41, 5.74) is 2.22. The standard InChI is InChI=1S/C15H12ClFO/c1-10-2-7-14(17)8-12(10)9-15(18)11-3-5-13(16)6-4-11/h2-8H,9H2,1H3. The van der Waals surface area contributed by atoms with E-state index in [0.29, 0.717) is 10.6 Å². The molecule has 0 saturated heterocycles. The van der Waals surface area contributed by atoms with Crippen LogP contribution in [0.2, 0.25) is 5.02 Å². The Hall–Kier alpha value is -1.67. The van der Waals surface area contributed by atoms with Crippen molar-refractivity contribution >= 4 is 17.4 Å². The number of rotatable bonds is 3. The van der Waals surface area contributed by atoms with Crippen LogP contribution in [0, 0.1) is 12.7 Å². The van der Waals surface area contributed by atoms with E-state index >= 15 is 0 Å². The largest absolute Gasteiger partial charge is 0.294 e. The van der Waals surface area contributed by atoms with Gasteiger partial charge in [0.05, 0.1) is 0 Å². The van der Waals surface area contributed by atoms with Crippen molar-refractivity contribution < 1.29 is 9.18 Å². The molecule has 0 N–H and O–H groups in total. The first kappa shape index (κ1) is 12.8. The van der Waals surface area contributed by atoms with Crippen LogP contribution in [0.4, 0.5) is 4.39 Å².